The minimum Gasteiger partial charge on any atom is -0.364 e. The summed E-state index contributed by atoms with van der Waals surface area (Å²) in [5.74, 6) is -0.0521. The first-order chi connectivity index (χ1) is 4.72. The van der Waals surface area contributed by atoms with E-state index >= 15 is 0 Å². The van der Waals surface area contributed by atoms with Crippen molar-refractivity contribution in [2.45, 2.75) is 6.92 Å². The number of rotatable bonds is 4. The van der Waals surface area contributed by atoms with Gasteiger partial charge in [-0.05, 0) is 0 Å². The molecule has 4 heteroatoms. The van der Waals surface area contributed by atoms with E-state index in [1.165, 1.54) is 26.0 Å². The van der Waals surface area contributed by atoms with Crippen LogP contribution < -0.4 is 0 Å². The Bertz CT molecular complexity index is 99.2. The second-order valence-electron chi connectivity index (χ2n) is 1.89. The molecule has 0 bridgehead atoms. The van der Waals surface area contributed by atoms with Gasteiger partial charge in [0.05, 0.1) is 0 Å². The highest BCUT2D eigenvalue weighted by molar-refractivity contribution is 5.72. The highest BCUT2D eigenvalue weighted by atomic mass is 16.5. The number of methoxy groups -OCH3 is 2. The van der Waals surface area contributed by atoms with Crippen LogP contribution in [0.5, 0.6) is 0 Å². The molecule has 0 N–H and O–H groups in total. The number of carbonyl (C=O) groups excluding carboxylic acids is 1. The van der Waals surface area contributed by atoms with Gasteiger partial charge in [0, 0.05) is 21.1 Å². The zero-order valence-electron chi connectivity index (χ0n) is 6.59. The maximum absolute atomic E-state index is 10.7. The number of carbonyl (C=O) groups is 1. The van der Waals surface area contributed by atoms with Crippen molar-refractivity contribution < 1.29 is 14.3 Å². The summed E-state index contributed by atoms with van der Waals surface area (Å²) >= 11 is 0. The molecule has 0 aromatic carbocycles. The molecule has 0 rings (SSSR count). The van der Waals surface area contributed by atoms with Gasteiger partial charge in [-0.1, -0.05) is 0 Å². The maximum Gasteiger partial charge on any atom is 0.223 e. The zero-order valence-corrected chi connectivity index (χ0v) is 6.59. The van der Waals surface area contributed by atoms with Gasteiger partial charge in [0.15, 0.2) is 0 Å². The average molecular weight is 147 g/mol. The van der Waals surface area contributed by atoms with Crippen molar-refractivity contribution in [2.24, 2.45) is 0 Å². The number of hydrogen-bond donors (Lipinski definition) is 0. The number of nitrogens with zero attached hydrogens (tertiary/aromatic N) is 1. The molecule has 0 aromatic heterocycles. The van der Waals surface area contributed by atoms with Gasteiger partial charge in [-0.2, -0.15) is 0 Å². The first kappa shape index (κ1) is 9.39. The first-order valence-corrected chi connectivity index (χ1v) is 2.95. The molecule has 0 heterocycles. The van der Waals surface area contributed by atoms with Crippen LogP contribution in [-0.4, -0.2) is 38.5 Å². The summed E-state index contributed by atoms with van der Waals surface area (Å²) in [6.07, 6.45) is 0. The van der Waals surface area contributed by atoms with Crippen LogP contribution in [0.25, 0.3) is 0 Å². The van der Waals surface area contributed by atoms with Crippen molar-refractivity contribution in [3.05, 3.63) is 0 Å². The van der Waals surface area contributed by atoms with Gasteiger partial charge in [-0.25, -0.2) is 0 Å². The summed E-state index contributed by atoms with van der Waals surface area (Å²) in [4.78, 5) is 12.1. The number of hydrogen-bond acceptors (Lipinski definition) is 3. The minimum absolute atomic E-state index is 0.0521. The fourth-order valence-electron chi connectivity index (χ4n) is 0.531. The van der Waals surface area contributed by atoms with Crippen LogP contribution in [0.4, 0.5) is 0 Å². The topological polar surface area (TPSA) is 38.8 Å². The molecule has 0 radical (unpaired) electrons. The van der Waals surface area contributed by atoms with Gasteiger partial charge >= 0.3 is 0 Å². The van der Waals surface area contributed by atoms with Crippen LogP contribution >= 0.6 is 0 Å². The second-order valence-corrected chi connectivity index (χ2v) is 1.89. The van der Waals surface area contributed by atoms with Crippen molar-refractivity contribution >= 4 is 5.91 Å². The smallest absolute Gasteiger partial charge is 0.223 e. The third kappa shape index (κ3) is 3.42. The molecule has 10 heavy (non-hydrogen) atoms. The molecule has 0 saturated carbocycles. The Balaban J connectivity index is 3.61. The lowest BCUT2D eigenvalue weighted by Gasteiger charge is -2.17. The fraction of sp³-hybridized carbons (Fsp3) is 0.833. The maximum atomic E-state index is 10.7. The van der Waals surface area contributed by atoms with Crippen molar-refractivity contribution in [3.8, 4) is 0 Å². The third-order valence-corrected chi connectivity index (χ3v) is 1.02. The molecular formula is C6H13NO3. The molecule has 0 unspecified atom stereocenters. The lowest BCUT2D eigenvalue weighted by molar-refractivity contribution is -0.139. The van der Waals surface area contributed by atoms with Gasteiger partial charge in [0.2, 0.25) is 5.91 Å². The van der Waals surface area contributed by atoms with Crippen LogP contribution in [-0.2, 0) is 14.3 Å². The number of ether oxygens (including phenoxy) is 2. The minimum atomic E-state index is -0.0521. The predicted octanol–water partition coefficient (Wildman–Crippen LogP) is 0.0427. The normalized spacial score (nSPS) is 9.50. The zero-order chi connectivity index (χ0) is 7.98. The summed E-state index contributed by atoms with van der Waals surface area (Å²) in [7, 11) is 3.07. The van der Waals surface area contributed by atoms with Gasteiger partial charge in [-0.3, -0.25) is 9.69 Å². The van der Waals surface area contributed by atoms with E-state index in [1.807, 2.05) is 0 Å². The predicted molar refractivity (Wildman–Crippen MR) is 36.3 cm³/mol. The quantitative estimate of drug-likeness (QED) is 0.527. The summed E-state index contributed by atoms with van der Waals surface area (Å²) < 4.78 is 9.49. The highest BCUT2D eigenvalue weighted by Crippen LogP contribution is 1.88. The Labute approximate surface area is 60.7 Å². The van der Waals surface area contributed by atoms with Crippen molar-refractivity contribution in [1.82, 2.24) is 4.90 Å². The SMILES string of the molecule is COCN(COC)C(C)=O. The Morgan fingerprint density at radius 3 is 1.90 bits per heavy atom. The summed E-state index contributed by atoms with van der Waals surface area (Å²) in [6, 6.07) is 0. The lowest BCUT2D eigenvalue weighted by atomic mass is 10.6. The van der Waals surface area contributed by atoms with E-state index in [9.17, 15) is 4.79 Å². The Morgan fingerprint density at radius 2 is 1.70 bits per heavy atom. The molecule has 0 fully saturated rings. The van der Waals surface area contributed by atoms with E-state index in [0.29, 0.717) is 0 Å². The molecule has 0 spiro atoms. The van der Waals surface area contributed by atoms with Gasteiger partial charge < -0.3 is 9.47 Å². The summed E-state index contributed by atoms with van der Waals surface area (Å²) in [6.45, 7) is 2.03. The molecule has 0 atom stereocenters. The van der Waals surface area contributed by atoms with Crippen LogP contribution in [0.15, 0.2) is 0 Å². The van der Waals surface area contributed by atoms with Crippen molar-refractivity contribution in [2.75, 3.05) is 27.7 Å². The Morgan fingerprint density at radius 1 is 1.30 bits per heavy atom. The molecule has 0 aromatic rings. The molecule has 0 saturated heterocycles. The van der Waals surface area contributed by atoms with E-state index in [0.717, 1.165) is 0 Å². The first-order valence-electron chi connectivity index (χ1n) is 2.95. The molecular weight excluding hydrogens is 134 g/mol. The molecule has 0 aliphatic heterocycles. The Hall–Kier alpha value is -0.610. The average Bonchev–Trinajstić information content (AvgIpc) is 1.87. The standard InChI is InChI=1S/C6H13NO3/c1-6(8)7(4-9-2)5-10-3/h4-5H2,1-3H3. The van der Waals surface area contributed by atoms with Gasteiger partial charge in [-0.15, -0.1) is 0 Å². The largest absolute Gasteiger partial charge is 0.364 e. The van der Waals surface area contributed by atoms with E-state index in [4.69, 9.17) is 9.47 Å². The highest BCUT2D eigenvalue weighted by Gasteiger charge is 2.05. The number of amides is 1. The summed E-state index contributed by atoms with van der Waals surface area (Å²) in [5.41, 5.74) is 0. The van der Waals surface area contributed by atoms with E-state index in [2.05, 4.69) is 0 Å². The summed E-state index contributed by atoms with van der Waals surface area (Å²) in [5, 5.41) is 0. The van der Waals surface area contributed by atoms with Crippen LogP contribution in [0.1, 0.15) is 6.92 Å². The van der Waals surface area contributed by atoms with Crippen molar-refractivity contribution in [3.63, 3.8) is 0 Å². The van der Waals surface area contributed by atoms with E-state index < -0.39 is 0 Å². The Kier molecular flexibility index (Phi) is 4.88. The molecule has 0 aliphatic rings. The second kappa shape index (κ2) is 5.20. The van der Waals surface area contributed by atoms with Gasteiger partial charge in [0.1, 0.15) is 13.5 Å². The van der Waals surface area contributed by atoms with Crippen LogP contribution in [0.2, 0.25) is 0 Å². The van der Waals surface area contributed by atoms with E-state index in [1.54, 1.807) is 0 Å². The monoisotopic (exact) mass is 147 g/mol. The lowest BCUT2D eigenvalue weighted by Crippen LogP contribution is -2.32. The molecule has 0 aliphatic carbocycles. The molecule has 4 nitrogen and oxygen atoms in total. The van der Waals surface area contributed by atoms with Crippen LogP contribution in [0, 0.1) is 0 Å². The molecule has 1 amide bonds. The van der Waals surface area contributed by atoms with Gasteiger partial charge in [0.25, 0.3) is 0 Å². The molecule has 60 valence electrons. The fourth-order valence-corrected chi connectivity index (χ4v) is 0.531. The van der Waals surface area contributed by atoms with Crippen LogP contribution in [0.3, 0.4) is 0 Å². The van der Waals surface area contributed by atoms with E-state index in [-0.39, 0.29) is 19.4 Å². The van der Waals surface area contributed by atoms with Crippen molar-refractivity contribution in [1.29, 1.82) is 0 Å². The third-order valence-electron chi connectivity index (χ3n) is 1.02.